The van der Waals surface area contributed by atoms with Crippen molar-refractivity contribution in [3.05, 3.63) is 29.6 Å². The van der Waals surface area contributed by atoms with Crippen LogP contribution in [0.15, 0.2) is 18.2 Å². The first kappa shape index (κ1) is 17.7. The second-order valence-corrected chi connectivity index (χ2v) is 6.97. The summed E-state index contributed by atoms with van der Waals surface area (Å²) in [6.45, 7) is 1.27. The Bertz CT molecular complexity index is 650. The molecule has 1 saturated heterocycles. The summed E-state index contributed by atoms with van der Waals surface area (Å²) >= 11 is 0. The monoisotopic (exact) mass is 348 g/mol. The van der Waals surface area contributed by atoms with Crippen LogP contribution in [0.1, 0.15) is 55.3 Å². The highest BCUT2D eigenvalue weighted by Gasteiger charge is 2.39. The van der Waals surface area contributed by atoms with Gasteiger partial charge in [0.2, 0.25) is 5.91 Å². The predicted octanol–water partition coefficient (Wildman–Crippen LogP) is 2.83. The van der Waals surface area contributed by atoms with E-state index in [4.69, 9.17) is 0 Å². The zero-order valence-electron chi connectivity index (χ0n) is 14.3. The Labute approximate surface area is 147 Å². The molecule has 2 atom stereocenters. The minimum atomic E-state index is -0.801. The maximum Gasteiger partial charge on any atom is 0.254 e. The molecule has 136 valence electrons. The first-order valence-corrected chi connectivity index (χ1v) is 9.15. The van der Waals surface area contributed by atoms with E-state index in [1.165, 1.54) is 12.1 Å². The van der Waals surface area contributed by atoms with Crippen LogP contribution < -0.4 is 5.32 Å². The number of phenols is 1. The van der Waals surface area contributed by atoms with Gasteiger partial charge in [-0.3, -0.25) is 9.59 Å². The topological polar surface area (TPSA) is 69.6 Å². The van der Waals surface area contributed by atoms with Crippen molar-refractivity contribution < 1.29 is 19.1 Å². The molecule has 2 aliphatic rings. The van der Waals surface area contributed by atoms with E-state index in [0.717, 1.165) is 51.0 Å². The molecule has 1 aliphatic carbocycles. The van der Waals surface area contributed by atoms with Crippen LogP contribution in [-0.2, 0) is 4.79 Å². The van der Waals surface area contributed by atoms with Crippen molar-refractivity contribution in [1.29, 1.82) is 0 Å². The Morgan fingerprint density at radius 1 is 1.16 bits per heavy atom. The molecular weight excluding hydrogens is 323 g/mol. The van der Waals surface area contributed by atoms with Crippen LogP contribution >= 0.6 is 0 Å². The molecule has 0 radical (unpaired) electrons. The first-order chi connectivity index (χ1) is 12.1. The van der Waals surface area contributed by atoms with Crippen molar-refractivity contribution in [3.8, 4) is 5.75 Å². The number of hydrogen-bond acceptors (Lipinski definition) is 3. The highest BCUT2D eigenvalue weighted by molar-refractivity contribution is 5.95. The van der Waals surface area contributed by atoms with Crippen LogP contribution in [0, 0.1) is 11.7 Å². The van der Waals surface area contributed by atoms with Gasteiger partial charge in [-0.05, 0) is 43.9 Å². The minimum Gasteiger partial charge on any atom is -0.505 e. The Morgan fingerprint density at radius 2 is 1.96 bits per heavy atom. The van der Waals surface area contributed by atoms with Crippen molar-refractivity contribution in [2.24, 2.45) is 5.92 Å². The van der Waals surface area contributed by atoms with Crippen molar-refractivity contribution in [3.63, 3.8) is 0 Å². The molecule has 2 fully saturated rings. The lowest BCUT2D eigenvalue weighted by Gasteiger charge is -2.32. The van der Waals surface area contributed by atoms with E-state index in [0.29, 0.717) is 13.1 Å². The van der Waals surface area contributed by atoms with Crippen molar-refractivity contribution in [2.45, 2.75) is 51.0 Å². The Hall–Kier alpha value is -2.11. The fraction of sp³-hybridized carbons (Fsp3) is 0.579. The van der Waals surface area contributed by atoms with Gasteiger partial charge in [-0.15, -0.1) is 0 Å². The van der Waals surface area contributed by atoms with Gasteiger partial charge in [0.15, 0.2) is 11.6 Å². The fourth-order valence-electron chi connectivity index (χ4n) is 3.95. The highest BCUT2D eigenvalue weighted by atomic mass is 19.1. The molecule has 6 heteroatoms. The van der Waals surface area contributed by atoms with Crippen LogP contribution in [0.2, 0.25) is 0 Å². The zero-order chi connectivity index (χ0) is 17.8. The standard InChI is InChI=1S/C19H25FN2O3/c20-15-12-13(8-9-17(15)23)19(25)22-11-4-2-1-3-10-21-18(24)14-6-5-7-16(14)22/h8-9,12,14,16,23H,1-7,10-11H2,(H,21,24). The second-order valence-electron chi connectivity index (χ2n) is 6.97. The summed E-state index contributed by atoms with van der Waals surface area (Å²) in [7, 11) is 0. The average molecular weight is 348 g/mol. The summed E-state index contributed by atoms with van der Waals surface area (Å²) in [5, 5.41) is 12.3. The number of amides is 2. The number of nitrogens with zero attached hydrogens (tertiary/aromatic N) is 1. The van der Waals surface area contributed by atoms with Crippen molar-refractivity contribution in [1.82, 2.24) is 10.2 Å². The molecule has 5 nitrogen and oxygen atoms in total. The lowest BCUT2D eigenvalue weighted by molar-refractivity contribution is -0.126. The van der Waals surface area contributed by atoms with Gasteiger partial charge in [0.05, 0.1) is 5.92 Å². The van der Waals surface area contributed by atoms with E-state index in [1.807, 2.05) is 0 Å². The van der Waals surface area contributed by atoms with E-state index < -0.39 is 11.6 Å². The summed E-state index contributed by atoms with van der Waals surface area (Å²) in [6, 6.07) is 3.58. The van der Waals surface area contributed by atoms with Crippen LogP contribution in [0.5, 0.6) is 5.75 Å². The number of fused-ring (bicyclic) bond motifs is 1. The zero-order valence-corrected chi connectivity index (χ0v) is 14.3. The second kappa shape index (κ2) is 7.85. The fourth-order valence-corrected chi connectivity index (χ4v) is 3.95. The molecule has 0 aromatic heterocycles. The van der Waals surface area contributed by atoms with Crippen LogP contribution in [-0.4, -0.2) is 41.0 Å². The number of rotatable bonds is 1. The van der Waals surface area contributed by atoms with E-state index in [-0.39, 0.29) is 29.3 Å². The van der Waals surface area contributed by atoms with Gasteiger partial charge >= 0.3 is 0 Å². The van der Waals surface area contributed by atoms with Gasteiger partial charge < -0.3 is 15.3 Å². The molecule has 1 heterocycles. The van der Waals surface area contributed by atoms with Crippen molar-refractivity contribution in [2.75, 3.05) is 13.1 Å². The summed E-state index contributed by atoms with van der Waals surface area (Å²) in [5.41, 5.74) is 0.219. The molecule has 2 unspecified atom stereocenters. The number of aromatic hydroxyl groups is 1. The van der Waals surface area contributed by atoms with Gasteiger partial charge in [-0.2, -0.15) is 0 Å². The molecule has 1 aromatic rings. The largest absolute Gasteiger partial charge is 0.505 e. The van der Waals surface area contributed by atoms with Crippen LogP contribution in [0.25, 0.3) is 0 Å². The highest BCUT2D eigenvalue weighted by Crippen LogP contribution is 2.32. The summed E-state index contributed by atoms with van der Waals surface area (Å²) in [5.74, 6) is -1.69. The van der Waals surface area contributed by atoms with Crippen LogP contribution in [0.4, 0.5) is 4.39 Å². The number of carbonyl (C=O) groups is 2. The molecule has 1 aliphatic heterocycles. The number of hydrogen-bond donors (Lipinski definition) is 2. The molecule has 25 heavy (non-hydrogen) atoms. The Kier molecular flexibility index (Phi) is 5.56. The number of benzene rings is 1. The lowest BCUT2D eigenvalue weighted by Crippen LogP contribution is -2.47. The number of carbonyl (C=O) groups excluding carboxylic acids is 2. The maximum atomic E-state index is 13.7. The van der Waals surface area contributed by atoms with E-state index in [9.17, 15) is 19.1 Å². The maximum absolute atomic E-state index is 13.7. The molecule has 3 rings (SSSR count). The number of halogens is 1. The molecule has 0 spiro atoms. The van der Waals surface area contributed by atoms with Gasteiger partial charge in [-0.1, -0.05) is 19.3 Å². The normalized spacial score (nSPS) is 25.0. The number of phenolic OH excluding ortho intramolecular Hbond substituents is 1. The third-order valence-electron chi connectivity index (χ3n) is 5.30. The third kappa shape index (κ3) is 3.94. The average Bonchev–Trinajstić information content (AvgIpc) is 3.07. The van der Waals surface area contributed by atoms with Gasteiger partial charge in [-0.25, -0.2) is 4.39 Å². The predicted molar refractivity (Wildman–Crippen MR) is 91.7 cm³/mol. The third-order valence-corrected chi connectivity index (χ3v) is 5.30. The first-order valence-electron chi connectivity index (χ1n) is 9.15. The minimum absolute atomic E-state index is 0.0269. The lowest BCUT2D eigenvalue weighted by atomic mass is 9.99. The molecule has 2 N–H and O–H groups in total. The molecular formula is C19H25FN2O3. The van der Waals surface area contributed by atoms with E-state index >= 15 is 0 Å². The summed E-state index contributed by atoms with van der Waals surface area (Å²) in [4.78, 5) is 27.3. The molecule has 0 bridgehead atoms. The quantitative estimate of drug-likeness (QED) is 0.820. The van der Waals surface area contributed by atoms with Crippen LogP contribution in [0.3, 0.4) is 0 Å². The SMILES string of the molecule is O=C1NCCCCCCN(C(=O)c2ccc(O)c(F)c2)C2CCCC12. The van der Waals surface area contributed by atoms with Gasteiger partial charge in [0.25, 0.3) is 5.91 Å². The Morgan fingerprint density at radius 3 is 2.76 bits per heavy atom. The molecule has 1 saturated carbocycles. The number of nitrogens with one attached hydrogen (secondary N) is 1. The summed E-state index contributed by atoms with van der Waals surface area (Å²) in [6.07, 6.45) is 6.35. The van der Waals surface area contributed by atoms with E-state index in [1.54, 1.807) is 4.90 Å². The van der Waals surface area contributed by atoms with Gasteiger partial charge in [0, 0.05) is 24.7 Å². The molecule has 1 aromatic carbocycles. The summed E-state index contributed by atoms with van der Waals surface area (Å²) < 4.78 is 13.7. The van der Waals surface area contributed by atoms with E-state index in [2.05, 4.69) is 5.32 Å². The van der Waals surface area contributed by atoms with Gasteiger partial charge in [0.1, 0.15) is 0 Å². The van der Waals surface area contributed by atoms with Crippen molar-refractivity contribution >= 4 is 11.8 Å². The molecule has 2 amide bonds. The smallest absolute Gasteiger partial charge is 0.254 e. The Balaban J connectivity index is 1.87.